The predicted octanol–water partition coefficient (Wildman–Crippen LogP) is 1.29. The normalized spacial score (nSPS) is 19.5. The lowest BCUT2D eigenvalue weighted by Gasteiger charge is -2.32. The number of halogens is 1. The Morgan fingerprint density at radius 1 is 1.47 bits per heavy atom. The molecule has 1 heterocycles. The van der Waals surface area contributed by atoms with E-state index in [1.54, 1.807) is 23.1 Å². The molecule has 0 aromatic heterocycles. The van der Waals surface area contributed by atoms with Crippen molar-refractivity contribution < 1.29 is 13.9 Å². The van der Waals surface area contributed by atoms with Crippen LogP contribution in [0, 0.1) is 5.82 Å². The summed E-state index contributed by atoms with van der Waals surface area (Å²) in [6, 6.07) is 6.57. The third-order valence-corrected chi connectivity index (χ3v) is 3.34. The minimum atomic E-state index is -0.256. The van der Waals surface area contributed by atoms with E-state index in [1.165, 1.54) is 6.07 Å². The zero-order valence-corrected chi connectivity index (χ0v) is 10.8. The summed E-state index contributed by atoms with van der Waals surface area (Å²) in [5.41, 5.74) is 5.90. The van der Waals surface area contributed by atoms with Crippen molar-refractivity contribution >= 4 is 5.91 Å². The Hall–Kier alpha value is -1.46. The van der Waals surface area contributed by atoms with Gasteiger partial charge < -0.3 is 15.4 Å². The molecule has 1 aliphatic heterocycles. The summed E-state index contributed by atoms with van der Waals surface area (Å²) in [6.07, 6.45) is 1.75. The molecule has 1 fully saturated rings. The Balaban J connectivity index is 1.86. The molecule has 2 rings (SSSR count). The van der Waals surface area contributed by atoms with Crippen molar-refractivity contribution in [2.75, 3.05) is 19.6 Å². The number of rotatable bonds is 4. The van der Waals surface area contributed by atoms with Crippen LogP contribution in [0.3, 0.4) is 0 Å². The maximum atomic E-state index is 13.4. The molecule has 1 atom stereocenters. The van der Waals surface area contributed by atoms with Gasteiger partial charge in [-0.1, -0.05) is 18.2 Å². The smallest absolute Gasteiger partial charge is 0.236 e. The van der Waals surface area contributed by atoms with Crippen LogP contribution >= 0.6 is 0 Å². The number of carbonyl (C=O) groups is 1. The van der Waals surface area contributed by atoms with Gasteiger partial charge in [0.25, 0.3) is 0 Å². The number of ether oxygens (including phenoxy) is 1. The number of nitrogens with zero attached hydrogens (tertiary/aromatic N) is 1. The van der Waals surface area contributed by atoms with Crippen molar-refractivity contribution in [2.24, 2.45) is 5.73 Å². The number of hydrogen-bond donors (Lipinski definition) is 1. The average molecular weight is 266 g/mol. The van der Waals surface area contributed by atoms with Gasteiger partial charge in [0, 0.05) is 18.7 Å². The highest BCUT2D eigenvalue weighted by atomic mass is 19.1. The molecule has 4 nitrogen and oxygen atoms in total. The lowest BCUT2D eigenvalue weighted by atomic mass is 10.1. The van der Waals surface area contributed by atoms with Crippen molar-refractivity contribution in [1.82, 2.24) is 4.90 Å². The number of likely N-dealkylation sites (tertiary alicyclic amines) is 1. The van der Waals surface area contributed by atoms with Crippen molar-refractivity contribution in [3.8, 4) is 0 Å². The molecule has 1 unspecified atom stereocenters. The molecule has 0 aliphatic carbocycles. The van der Waals surface area contributed by atoms with Gasteiger partial charge in [0.05, 0.1) is 19.3 Å². The van der Waals surface area contributed by atoms with Crippen molar-refractivity contribution in [3.05, 3.63) is 35.6 Å². The summed E-state index contributed by atoms with van der Waals surface area (Å²) in [6.45, 7) is 1.54. The highest BCUT2D eigenvalue weighted by Crippen LogP contribution is 2.16. The monoisotopic (exact) mass is 266 g/mol. The first-order valence-corrected chi connectivity index (χ1v) is 6.53. The Labute approximate surface area is 112 Å². The molecule has 1 saturated heterocycles. The number of amides is 1. The van der Waals surface area contributed by atoms with E-state index < -0.39 is 0 Å². The number of piperidine rings is 1. The molecule has 1 aromatic rings. The van der Waals surface area contributed by atoms with Crippen LogP contribution in [0.2, 0.25) is 0 Å². The first-order valence-electron chi connectivity index (χ1n) is 6.53. The fourth-order valence-corrected chi connectivity index (χ4v) is 2.25. The van der Waals surface area contributed by atoms with E-state index in [1.807, 2.05) is 0 Å². The fourth-order valence-electron chi connectivity index (χ4n) is 2.25. The van der Waals surface area contributed by atoms with E-state index in [0.29, 0.717) is 12.1 Å². The maximum Gasteiger partial charge on any atom is 0.236 e. The van der Waals surface area contributed by atoms with Gasteiger partial charge in [0.15, 0.2) is 0 Å². The zero-order chi connectivity index (χ0) is 13.7. The minimum absolute atomic E-state index is 0.0278. The molecule has 1 amide bonds. The third kappa shape index (κ3) is 3.75. The summed E-state index contributed by atoms with van der Waals surface area (Å²) in [5.74, 6) is -0.313. The van der Waals surface area contributed by atoms with Gasteiger partial charge in [0.1, 0.15) is 5.82 Å². The van der Waals surface area contributed by atoms with E-state index in [-0.39, 0.29) is 31.0 Å². The molecule has 0 saturated carbocycles. The first kappa shape index (κ1) is 14.0. The number of carbonyl (C=O) groups excluding carboxylic acids is 1. The highest BCUT2D eigenvalue weighted by Gasteiger charge is 2.23. The molecule has 0 radical (unpaired) electrons. The summed E-state index contributed by atoms with van der Waals surface area (Å²) >= 11 is 0. The summed E-state index contributed by atoms with van der Waals surface area (Å²) in [4.78, 5) is 13.2. The molecular formula is C14H19FN2O2. The molecule has 104 valence electrons. The largest absolute Gasteiger partial charge is 0.372 e. The van der Waals surface area contributed by atoms with Gasteiger partial charge in [-0.3, -0.25) is 4.79 Å². The molecular weight excluding hydrogens is 247 g/mol. The van der Waals surface area contributed by atoms with E-state index >= 15 is 0 Å². The van der Waals surface area contributed by atoms with Gasteiger partial charge in [0.2, 0.25) is 5.91 Å². The molecule has 0 spiro atoms. The fraction of sp³-hybridized carbons (Fsp3) is 0.500. The second kappa shape index (κ2) is 6.63. The van der Waals surface area contributed by atoms with Crippen LogP contribution in [0.4, 0.5) is 4.39 Å². The molecule has 1 aliphatic rings. The van der Waals surface area contributed by atoms with E-state index in [2.05, 4.69) is 0 Å². The van der Waals surface area contributed by atoms with Crippen LogP contribution in [0.5, 0.6) is 0 Å². The van der Waals surface area contributed by atoms with Gasteiger partial charge >= 0.3 is 0 Å². The standard InChI is InChI=1S/C14H19FN2O2/c15-13-6-2-1-4-11(13)10-19-12-5-3-7-17(9-12)14(18)8-16/h1-2,4,6,12H,3,5,7-10,16H2. The Morgan fingerprint density at radius 3 is 3.00 bits per heavy atom. The molecule has 1 aromatic carbocycles. The predicted molar refractivity (Wildman–Crippen MR) is 69.8 cm³/mol. The van der Waals surface area contributed by atoms with E-state index in [9.17, 15) is 9.18 Å². The molecule has 5 heteroatoms. The average Bonchev–Trinajstić information content (AvgIpc) is 2.46. The first-order chi connectivity index (χ1) is 9.20. The topological polar surface area (TPSA) is 55.6 Å². The molecule has 0 bridgehead atoms. The van der Waals surface area contributed by atoms with Crippen LogP contribution in [-0.2, 0) is 16.1 Å². The van der Waals surface area contributed by atoms with Gasteiger partial charge in [-0.2, -0.15) is 0 Å². The zero-order valence-electron chi connectivity index (χ0n) is 10.8. The Bertz CT molecular complexity index is 439. The lowest BCUT2D eigenvalue weighted by molar-refractivity contribution is -0.134. The van der Waals surface area contributed by atoms with Gasteiger partial charge in [-0.15, -0.1) is 0 Å². The van der Waals surface area contributed by atoms with Gasteiger partial charge in [-0.05, 0) is 18.9 Å². The van der Waals surface area contributed by atoms with Crippen molar-refractivity contribution in [3.63, 3.8) is 0 Å². The van der Waals surface area contributed by atoms with Crippen molar-refractivity contribution in [2.45, 2.75) is 25.6 Å². The van der Waals surface area contributed by atoms with Crippen molar-refractivity contribution in [1.29, 1.82) is 0 Å². The maximum absolute atomic E-state index is 13.4. The van der Waals surface area contributed by atoms with E-state index in [4.69, 9.17) is 10.5 Å². The van der Waals surface area contributed by atoms with Gasteiger partial charge in [-0.25, -0.2) is 4.39 Å². The number of nitrogens with two attached hydrogens (primary N) is 1. The highest BCUT2D eigenvalue weighted by molar-refractivity contribution is 5.78. The minimum Gasteiger partial charge on any atom is -0.372 e. The second-order valence-corrected chi connectivity index (χ2v) is 4.71. The molecule has 2 N–H and O–H groups in total. The van der Waals surface area contributed by atoms with Crippen LogP contribution in [0.15, 0.2) is 24.3 Å². The summed E-state index contributed by atoms with van der Waals surface area (Å²) in [5, 5.41) is 0. The van der Waals surface area contributed by atoms with Crippen LogP contribution in [0.1, 0.15) is 18.4 Å². The summed E-state index contributed by atoms with van der Waals surface area (Å²) < 4.78 is 19.1. The van der Waals surface area contributed by atoms with Crippen LogP contribution < -0.4 is 5.73 Å². The third-order valence-electron chi connectivity index (χ3n) is 3.34. The Morgan fingerprint density at radius 2 is 2.26 bits per heavy atom. The Kier molecular flexibility index (Phi) is 4.87. The SMILES string of the molecule is NCC(=O)N1CCCC(OCc2ccccc2F)C1. The molecule has 19 heavy (non-hydrogen) atoms. The lowest BCUT2D eigenvalue weighted by Crippen LogP contribution is -2.45. The number of hydrogen-bond acceptors (Lipinski definition) is 3. The van der Waals surface area contributed by atoms with E-state index in [0.717, 1.165) is 19.4 Å². The van der Waals surface area contributed by atoms with Crippen LogP contribution in [-0.4, -0.2) is 36.5 Å². The number of benzene rings is 1. The summed E-state index contributed by atoms with van der Waals surface area (Å²) in [7, 11) is 0. The quantitative estimate of drug-likeness (QED) is 0.893. The second-order valence-electron chi connectivity index (χ2n) is 4.71. The van der Waals surface area contributed by atoms with Crippen LogP contribution in [0.25, 0.3) is 0 Å².